The van der Waals surface area contributed by atoms with Crippen molar-refractivity contribution in [2.75, 3.05) is 26.8 Å². The first-order valence-electron chi connectivity index (χ1n) is 5.71. The molecule has 0 saturated heterocycles. The summed E-state index contributed by atoms with van der Waals surface area (Å²) in [4.78, 5) is 11.4. The lowest BCUT2D eigenvalue weighted by Crippen LogP contribution is -2.33. The van der Waals surface area contributed by atoms with Crippen LogP contribution >= 0.6 is 0 Å². The number of nitrogens with one attached hydrogen (secondary N) is 1. The summed E-state index contributed by atoms with van der Waals surface area (Å²) in [6.45, 7) is 5.64. The van der Waals surface area contributed by atoms with E-state index < -0.39 is 0 Å². The second-order valence-corrected chi connectivity index (χ2v) is 3.92. The monoisotopic (exact) mass is 232 g/mol. The van der Waals surface area contributed by atoms with E-state index in [4.69, 9.17) is 15.2 Å². The smallest absolute Gasteiger partial charge is 0.222 e. The topological polar surface area (TPSA) is 73.6 Å². The van der Waals surface area contributed by atoms with E-state index >= 15 is 0 Å². The Morgan fingerprint density at radius 2 is 2.12 bits per heavy atom. The second-order valence-electron chi connectivity index (χ2n) is 3.92. The van der Waals surface area contributed by atoms with Gasteiger partial charge in [0.2, 0.25) is 5.91 Å². The van der Waals surface area contributed by atoms with Crippen molar-refractivity contribution in [2.45, 2.75) is 38.9 Å². The van der Waals surface area contributed by atoms with Crippen LogP contribution in [0.5, 0.6) is 0 Å². The molecule has 0 aromatic carbocycles. The van der Waals surface area contributed by atoms with Crippen LogP contribution in [0.3, 0.4) is 0 Å². The highest BCUT2D eigenvalue weighted by Crippen LogP contribution is 1.94. The summed E-state index contributed by atoms with van der Waals surface area (Å²) in [6.07, 6.45) is 1.19. The molecule has 5 nitrogen and oxygen atoms in total. The van der Waals surface area contributed by atoms with Gasteiger partial charge in [0.25, 0.3) is 0 Å². The molecular formula is C11H24N2O3. The van der Waals surface area contributed by atoms with E-state index in [1.54, 1.807) is 7.11 Å². The highest BCUT2D eigenvalue weighted by Gasteiger charge is 2.10. The van der Waals surface area contributed by atoms with E-state index in [1.165, 1.54) is 0 Å². The summed E-state index contributed by atoms with van der Waals surface area (Å²) >= 11 is 0. The maximum Gasteiger partial charge on any atom is 0.222 e. The van der Waals surface area contributed by atoms with E-state index in [0.29, 0.717) is 26.1 Å². The molecule has 0 fully saturated rings. The van der Waals surface area contributed by atoms with Gasteiger partial charge in [0.1, 0.15) is 0 Å². The zero-order valence-electron chi connectivity index (χ0n) is 10.5. The maximum atomic E-state index is 11.4. The van der Waals surface area contributed by atoms with Crippen LogP contribution in [0, 0.1) is 0 Å². The van der Waals surface area contributed by atoms with Gasteiger partial charge in [-0.25, -0.2) is 0 Å². The summed E-state index contributed by atoms with van der Waals surface area (Å²) in [7, 11) is 1.56. The summed E-state index contributed by atoms with van der Waals surface area (Å²) in [5.74, 6) is -0.0261. The summed E-state index contributed by atoms with van der Waals surface area (Å²) < 4.78 is 10.4. The van der Waals surface area contributed by atoms with Gasteiger partial charge in [-0.15, -0.1) is 0 Å². The lowest BCUT2D eigenvalue weighted by molar-refractivity contribution is -0.123. The number of ether oxygens (including phenoxy) is 2. The average Bonchev–Trinajstić information content (AvgIpc) is 2.25. The highest BCUT2D eigenvalue weighted by atomic mass is 16.5. The van der Waals surface area contributed by atoms with Crippen LogP contribution in [0.2, 0.25) is 0 Å². The lowest BCUT2D eigenvalue weighted by atomic mass is 10.2. The highest BCUT2D eigenvalue weighted by molar-refractivity contribution is 5.76. The Kier molecular flexibility index (Phi) is 9.18. The van der Waals surface area contributed by atoms with Crippen LogP contribution in [0.1, 0.15) is 26.7 Å². The van der Waals surface area contributed by atoms with Crippen LogP contribution < -0.4 is 11.1 Å². The second kappa shape index (κ2) is 9.57. The number of hydrogen-bond donors (Lipinski definition) is 2. The molecule has 0 aromatic heterocycles. The van der Waals surface area contributed by atoms with Crippen molar-refractivity contribution < 1.29 is 14.3 Å². The quantitative estimate of drug-likeness (QED) is 0.560. The van der Waals surface area contributed by atoms with E-state index in [2.05, 4.69) is 5.32 Å². The van der Waals surface area contributed by atoms with Crippen molar-refractivity contribution in [1.29, 1.82) is 0 Å². The van der Waals surface area contributed by atoms with Crippen molar-refractivity contribution >= 4 is 5.91 Å². The minimum Gasteiger partial charge on any atom is -0.380 e. The third-order valence-corrected chi connectivity index (χ3v) is 2.10. The van der Waals surface area contributed by atoms with Gasteiger partial charge >= 0.3 is 0 Å². The van der Waals surface area contributed by atoms with E-state index in [-0.39, 0.29) is 18.1 Å². The third-order valence-electron chi connectivity index (χ3n) is 2.10. The molecule has 0 spiro atoms. The van der Waals surface area contributed by atoms with Crippen molar-refractivity contribution in [3.8, 4) is 0 Å². The van der Waals surface area contributed by atoms with Crippen molar-refractivity contribution in [2.24, 2.45) is 5.73 Å². The number of nitrogens with two attached hydrogens (primary N) is 1. The molecule has 0 aromatic rings. The molecule has 0 aliphatic heterocycles. The van der Waals surface area contributed by atoms with Gasteiger partial charge in [-0.1, -0.05) is 0 Å². The number of carbonyl (C=O) groups is 1. The van der Waals surface area contributed by atoms with Gasteiger partial charge in [0.05, 0.1) is 18.6 Å². The molecule has 0 radical (unpaired) electrons. The lowest BCUT2D eigenvalue weighted by Gasteiger charge is -2.12. The van der Waals surface area contributed by atoms with Crippen LogP contribution in [-0.4, -0.2) is 44.9 Å². The molecule has 96 valence electrons. The SMILES string of the molecule is COC(CN)CC(=O)NCCCOC(C)C. The molecule has 0 rings (SSSR count). The Morgan fingerprint density at radius 1 is 1.44 bits per heavy atom. The van der Waals surface area contributed by atoms with Gasteiger partial charge < -0.3 is 20.5 Å². The fourth-order valence-electron chi connectivity index (χ4n) is 1.16. The minimum atomic E-state index is -0.188. The number of carbonyl (C=O) groups excluding carboxylic acids is 1. The average molecular weight is 232 g/mol. The standard InChI is InChI=1S/C11H24N2O3/c1-9(2)16-6-4-5-13-11(14)7-10(8-12)15-3/h9-10H,4-8,12H2,1-3H3,(H,13,14). The number of methoxy groups -OCH3 is 1. The molecule has 0 aliphatic rings. The van der Waals surface area contributed by atoms with E-state index in [1.807, 2.05) is 13.8 Å². The maximum absolute atomic E-state index is 11.4. The molecule has 0 bridgehead atoms. The molecule has 3 N–H and O–H groups in total. The first-order chi connectivity index (χ1) is 7.60. The Bertz CT molecular complexity index is 182. The summed E-state index contributed by atoms with van der Waals surface area (Å²) in [5, 5.41) is 2.80. The van der Waals surface area contributed by atoms with Gasteiger partial charge in [-0.05, 0) is 20.3 Å². The molecule has 5 heteroatoms. The molecule has 0 aliphatic carbocycles. The minimum absolute atomic E-state index is 0.0261. The Morgan fingerprint density at radius 3 is 2.62 bits per heavy atom. The fourth-order valence-corrected chi connectivity index (χ4v) is 1.16. The van der Waals surface area contributed by atoms with Gasteiger partial charge in [-0.2, -0.15) is 0 Å². The van der Waals surface area contributed by atoms with Gasteiger partial charge in [0.15, 0.2) is 0 Å². The van der Waals surface area contributed by atoms with Crippen molar-refractivity contribution in [1.82, 2.24) is 5.32 Å². The first kappa shape index (κ1) is 15.3. The van der Waals surface area contributed by atoms with Crippen LogP contribution in [-0.2, 0) is 14.3 Å². The van der Waals surface area contributed by atoms with Gasteiger partial charge in [-0.3, -0.25) is 4.79 Å². The largest absolute Gasteiger partial charge is 0.380 e. The Balaban J connectivity index is 3.43. The van der Waals surface area contributed by atoms with Crippen LogP contribution in [0.4, 0.5) is 0 Å². The summed E-state index contributed by atoms with van der Waals surface area (Å²) in [5.41, 5.74) is 5.42. The molecule has 0 heterocycles. The van der Waals surface area contributed by atoms with Crippen LogP contribution in [0.15, 0.2) is 0 Å². The Labute approximate surface area is 97.7 Å². The van der Waals surface area contributed by atoms with E-state index in [9.17, 15) is 4.79 Å². The zero-order valence-corrected chi connectivity index (χ0v) is 10.5. The molecule has 1 amide bonds. The van der Waals surface area contributed by atoms with Crippen molar-refractivity contribution in [3.05, 3.63) is 0 Å². The third kappa shape index (κ3) is 8.64. The fraction of sp³-hybridized carbons (Fsp3) is 0.909. The molecule has 0 saturated carbocycles. The predicted octanol–water partition coefficient (Wildman–Crippen LogP) is 0.282. The van der Waals surface area contributed by atoms with Crippen LogP contribution in [0.25, 0.3) is 0 Å². The molecule has 1 unspecified atom stereocenters. The molecular weight excluding hydrogens is 208 g/mol. The normalized spacial score (nSPS) is 12.8. The number of rotatable bonds is 9. The molecule has 1 atom stereocenters. The first-order valence-corrected chi connectivity index (χ1v) is 5.71. The van der Waals surface area contributed by atoms with Crippen molar-refractivity contribution in [3.63, 3.8) is 0 Å². The van der Waals surface area contributed by atoms with Gasteiger partial charge in [0, 0.05) is 26.8 Å². The molecule has 16 heavy (non-hydrogen) atoms. The number of amides is 1. The van der Waals surface area contributed by atoms with E-state index in [0.717, 1.165) is 6.42 Å². The Hall–Kier alpha value is -0.650. The number of hydrogen-bond acceptors (Lipinski definition) is 4. The summed E-state index contributed by atoms with van der Waals surface area (Å²) in [6, 6.07) is 0. The predicted molar refractivity (Wildman–Crippen MR) is 63.2 cm³/mol. The zero-order chi connectivity index (χ0) is 12.4.